The molecule has 0 aromatic rings. The number of hydrogen-bond acceptors (Lipinski definition) is 4. The summed E-state index contributed by atoms with van der Waals surface area (Å²) in [5, 5.41) is 6.81. The molecule has 2 saturated heterocycles. The van der Waals surface area contributed by atoms with Crippen LogP contribution in [0.2, 0.25) is 0 Å². The summed E-state index contributed by atoms with van der Waals surface area (Å²) in [4.78, 5) is 21.2. The van der Waals surface area contributed by atoms with Crippen LogP contribution in [-0.2, 0) is 9.53 Å². The van der Waals surface area contributed by atoms with Crippen molar-refractivity contribution >= 4 is 35.8 Å². The molecule has 0 aliphatic carbocycles. The number of aliphatic imine (C=N–C) groups is 1. The van der Waals surface area contributed by atoms with E-state index in [0.29, 0.717) is 6.04 Å². The second kappa shape index (κ2) is 12.7. The number of nitrogens with zero attached hydrogens (tertiary/aromatic N) is 3. The summed E-state index contributed by atoms with van der Waals surface area (Å²) in [6.45, 7) is 14.1. The maximum Gasteiger partial charge on any atom is 0.225 e. The zero-order valence-corrected chi connectivity index (χ0v) is 18.8. The first-order chi connectivity index (χ1) is 12.1. The number of guanidine groups is 1. The molecule has 2 fully saturated rings. The van der Waals surface area contributed by atoms with E-state index >= 15 is 0 Å². The number of amides is 1. The molecule has 2 heterocycles. The number of rotatable bonds is 7. The minimum atomic E-state index is 0. The van der Waals surface area contributed by atoms with Crippen LogP contribution in [0.3, 0.4) is 0 Å². The number of hydrogen-bond donors (Lipinski definition) is 2. The van der Waals surface area contributed by atoms with Gasteiger partial charge in [0, 0.05) is 57.8 Å². The van der Waals surface area contributed by atoms with Crippen molar-refractivity contribution in [3.8, 4) is 0 Å². The van der Waals surface area contributed by atoms with Crippen molar-refractivity contribution in [1.82, 2.24) is 20.4 Å². The van der Waals surface area contributed by atoms with Gasteiger partial charge in [-0.3, -0.25) is 14.7 Å². The average Bonchev–Trinajstić information content (AvgIpc) is 3.07. The molecule has 1 atom stereocenters. The van der Waals surface area contributed by atoms with Gasteiger partial charge < -0.3 is 20.3 Å². The summed E-state index contributed by atoms with van der Waals surface area (Å²) in [6, 6.07) is 0.291. The first-order valence-corrected chi connectivity index (χ1v) is 9.74. The Kier molecular flexibility index (Phi) is 11.5. The summed E-state index contributed by atoms with van der Waals surface area (Å²) >= 11 is 0. The topological polar surface area (TPSA) is 69.2 Å². The van der Waals surface area contributed by atoms with Crippen LogP contribution in [0.5, 0.6) is 0 Å². The third kappa shape index (κ3) is 7.96. The molecule has 152 valence electrons. The van der Waals surface area contributed by atoms with E-state index in [1.165, 1.54) is 0 Å². The number of ether oxygens (including phenoxy) is 1. The van der Waals surface area contributed by atoms with Gasteiger partial charge >= 0.3 is 0 Å². The molecule has 0 aromatic carbocycles. The Labute approximate surface area is 175 Å². The van der Waals surface area contributed by atoms with Gasteiger partial charge in [-0.1, -0.05) is 13.8 Å². The van der Waals surface area contributed by atoms with Crippen molar-refractivity contribution < 1.29 is 9.53 Å². The molecule has 2 rings (SSSR count). The van der Waals surface area contributed by atoms with Crippen LogP contribution in [0.1, 0.15) is 33.6 Å². The van der Waals surface area contributed by atoms with E-state index in [0.717, 1.165) is 77.8 Å². The van der Waals surface area contributed by atoms with E-state index in [1.807, 2.05) is 18.7 Å². The molecule has 26 heavy (non-hydrogen) atoms. The van der Waals surface area contributed by atoms with E-state index in [-0.39, 0.29) is 35.8 Å². The lowest BCUT2D eigenvalue weighted by atomic mass is 10.2. The van der Waals surface area contributed by atoms with Crippen LogP contribution in [0.25, 0.3) is 0 Å². The Morgan fingerprint density at radius 2 is 2.00 bits per heavy atom. The molecule has 0 saturated carbocycles. The van der Waals surface area contributed by atoms with Gasteiger partial charge in [-0.2, -0.15) is 0 Å². The summed E-state index contributed by atoms with van der Waals surface area (Å²) in [5.41, 5.74) is 0. The fraction of sp³-hybridized carbons (Fsp3) is 0.889. The number of nitrogens with one attached hydrogen (secondary N) is 2. The van der Waals surface area contributed by atoms with Gasteiger partial charge in [0.25, 0.3) is 0 Å². The first kappa shape index (κ1) is 23.4. The highest BCUT2D eigenvalue weighted by molar-refractivity contribution is 14.0. The molecule has 1 amide bonds. The van der Waals surface area contributed by atoms with E-state index < -0.39 is 0 Å². The lowest BCUT2D eigenvalue weighted by Gasteiger charge is -2.26. The first-order valence-electron chi connectivity index (χ1n) is 9.74. The molecule has 2 aliphatic heterocycles. The number of morpholine rings is 1. The monoisotopic (exact) mass is 481 g/mol. The lowest BCUT2D eigenvalue weighted by molar-refractivity contribution is -0.133. The smallest absolute Gasteiger partial charge is 0.225 e. The van der Waals surface area contributed by atoms with Crippen molar-refractivity contribution in [2.24, 2.45) is 10.9 Å². The van der Waals surface area contributed by atoms with Crippen LogP contribution in [0, 0.1) is 5.92 Å². The Morgan fingerprint density at radius 3 is 2.65 bits per heavy atom. The Hall–Kier alpha value is -0.610. The Morgan fingerprint density at radius 1 is 1.27 bits per heavy atom. The van der Waals surface area contributed by atoms with Crippen molar-refractivity contribution in [3.63, 3.8) is 0 Å². The van der Waals surface area contributed by atoms with E-state index in [4.69, 9.17) is 9.73 Å². The summed E-state index contributed by atoms with van der Waals surface area (Å²) in [7, 11) is 0. The molecule has 2 aliphatic rings. The average molecular weight is 481 g/mol. The lowest BCUT2D eigenvalue weighted by Crippen LogP contribution is -2.45. The summed E-state index contributed by atoms with van der Waals surface area (Å²) in [6.07, 6.45) is 2.04. The largest absolute Gasteiger partial charge is 0.379 e. The second-order valence-corrected chi connectivity index (χ2v) is 7.14. The van der Waals surface area contributed by atoms with Crippen LogP contribution in [0.15, 0.2) is 4.99 Å². The predicted octanol–water partition coefficient (Wildman–Crippen LogP) is 1.14. The van der Waals surface area contributed by atoms with Crippen molar-refractivity contribution in [3.05, 3.63) is 0 Å². The molecule has 0 aromatic heterocycles. The molecular formula is C18H36IN5O2. The Bertz CT molecular complexity index is 441. The van der Waals surface area contributed by atoms with Gasteiger partial charge in [-0.15, -0.1) is 24.0 Å². The molecular weight excluding hydrogens is 445 g/mol. The van der Waals surface area contributed by atoms with E-state index in [2.05, 4.69) is 22.5 Å². The zero-order valence-electron chi connectivity index (χ0n) is 16.5. The quantitative estimate of drug-likeness (QED) is 0.247. The Balaban J connectivity index is 0.00000338. The highest BCUT2D eigenvalue weighted by atomic mass is 127. The van der Waals surface area contributed by atoms with Crippen LogP contribution >= 0.6 is 24.0 Å². The number of carbonyl (C=O) groups is 1. The molecule has 1 unspecified atom stereocenters. The number of halogens is 1. The molecule has 0 spiro atoms. The second-order valence-electron chi connectivity index (χ2n) is 7.14. The van der Waals surface area contributed by atoms with Gasteiger partial charge in [0.1, 0.15) is 0 Å². The van der Waals surface area contributed by atoms with Crippen molar-refractivity contribution in [2.45, 2.75) is 39.7 Å². The van der Waals surface area contributed by atoms with Gasteiger partial charge in [-0.05, 0) is 19.8 Å². The minimum Gasteiger partial charge on any atom is -0.379 e. The van der Waals surface area contributed by atoms with Gasteiger partial charge in [0.2, 0.25) is 5.91 Å². The molecule has 0 radical (unpaired) electrons. The standard InChI is InChI=1S/C18H35N5O2.HI/c1-4-19-18(20-7-5-8-22-10-12-25-13-11-22)21-16-6-9-23(14-16)17(24)15(2)3;/h15-16H,4-14H2,1-3H3,(H2,19,20,21);1H. The SMILES string of the molecule is CCNC(=NCCCN1CCOCC1)NC1CCN(C(=O)C(C)C)C1.I. The van der Waals surface area contributed by atoms with Crippen molar-refractivity contribution in [2.75, 3.05) is 59.0 Å². The van der Waals surface area contributed by atoms with Gasteiger partial charge in [-0.25, -0.2) is 0 Å². The van der Waals surface area contributed by atoms with Gasteiger partial charge in [0.05, 0.1) is 13.2 Å². The fourth-order valence-corrected chi connectivity index (χ4v) is 3.27. The maximum absolute atomic E-state index is 12.1. The predicted molar refractivity (Wildman–Crippen MR) is 116 cm³/mol. The molecule has 2 N–H and O–H groups in total. The van der Waals surface area contributed by atoms with E-state index in [9.17, 15) is 4.79 Å². The number of likely N-dealkylation sites (tertiary alicyclic amines) is 1. The summed E-state index contributed by atoms with van der Waals surface area (Å²) < 4.78 is 5.37. The third-order valence-corrected chi connectivity index (χ3v) is 4.68. The van der Waals surface area contributed by atoms with Crippen LogP contribution in [0.4, 0.5) is 0 Å². The van der Waals surface area contributed by atoms with Crippen LogP contribution < -0.4 is 10.6 Å². The third-order valence-electron chi connectivity index (χ3n) is 4.68. The van der Waals surface area contributed by atoms with Crippen molar-refractivity contribution in [1.29, 1.82) is 0 Å². The summed E-state index contributed by atoms with van der Waals surface area (Å²) in [5.74, 6) is 1.19. The zero-order chi connectivity index (χ0) is 18.1. The minimum absolute atomic E-state index is 0. The van der Waals surface area contributed by atoms with Gasteiger partial charge in [0.15, 0.2) is 5.96 Å². The number of carbonyl (C=O) groups excluding carboxylic acids is 1. The molecule has 7 nitrogen and oxygen atoms in total. The molecule has 0 bridgehead atoms. The highest BCUT2D eigenvalue weighted by Gasteiger charge is 2.27. The molecule has 8 heteroatoms. The fourth-order valence-electron chi connectivity index (χ4n) is 3.27. The highest BCUT2D eigenvalue weighted by Crippen LogP contribution is 2.12. The maximum atomic E-state index is 12.1. The van der Waals surface area contributed by atoms with E-state index in [1.54, 1.807) is 0 Å². The normalized spacial score (nSPS) is 21.6. The van der Waals surface area contributed by atoms with Crippen LogP contribution in [-0.4, -0.2) is 86.7 Å².